The molecular formula is C13H25N5O2. The molecule has 1 aromatic heterocycles. The van der Waals surface area contributed by atoms with Crippen molar-refractivity contribution in [3.63, 3.8) is 0 Å². The van der Waals surface area contributed by atoms with E-state index in [0.29, 0.717) is 12.2 Å². The summed E-state index contributed by atoms with van der Waals surface area (Å²) in [5.74, 6) is -0.199. The molecule has 0 aromatic carbocycles. The zero-order valence-electron chi connectivity index (χ0n) is 12.9. The van der Waals surface area contributed by atoms with E-state index in [1.165, 1.54) is 0 Å². The van der Waals surface area contributed by atoms with E-state index in [1.54, 1.807) is 18.5 Å². The van der Waals surface area contributed by atoms with Crippen LogP contribution in [0.1, 0.15) is 18.3 Å². The van der Waals surface area contributed by atoms with Crippen LogP contribution in [0.15, 0.2) is 0 Å². The Labute approximate surface area is 119 Å². The number of carbonyl (C=O) groups excluding carboxylic acids is 1. The molecule has 1 amide bonds. The van der Waals surface area contributed by atoms with Crippen LogP contribution in [0, 0.1) is 13.8 Å². The summed E-state index contributed by atoms with van der Waals surface area (Å²) < 4.78 is 1.57. The van der Waals surface area contributed by atoms with Gasteiger partial charge in [0.15, 0.2) is 0 Å². The molecule has 0 saturated carbocycles. The molecule has 1 atom stereocenters. The Hall–Kier alpha value is -1.60. The maximum Gasteiger partial charge on any atom is 0.241 e. The second-order valence-electron chi connectivity index (χ2n) is 5.75. The number of nitrogens with zero attached hydrogens (tertiary/aromatic N) is 3. The minimum atomic E-state index is -0.965. The van der Waals surface area contributed by atoms with Crippen LogP contribution in [0.2, 0.25) is 0 Å². The first-order valence-electron chi connectivity index (χ1n) is 6.55. The van der Waals surface area contributed by atoms with Crippen LogP contribution in [-0.2, 0) is 11.3 Å². The minimum Gasteiger partial charge on any atom is -0.396 e. The third kappa shape index (κ3) is 4.50. The number of hydrogen-bond acceptors (Lipinski definition) is 5. The number of nitrogens with two attached hydrogens (primary N) is 1. The van der Waals surface area contributed by atoms with Gasteiger partial charge in [0.05, 0.1) is 22.7 Å². The second-order valence-corrected chi connectivity index (χ2v) is 5.75. The second kappa shape index (κ2) is 6.23. The molecule has 1 unspecified atom stereocenters. The average Bonchev–Trinajstić information content (AvgIpc) is 2.53. The molecule has 0 bridgehead atoms. The van der Waals surface area contributed by atoms with Crippen LogP contribution in [-0.4, -0.2) is 58.5 Å². The first-order valence-corrected chi connectivity index (χ1v) is 6.55. The van der Waals surface area contributed by atoms with Crippen molar-refractivity contribution in [2.45, 2.75) is 32.9 Å². The molecule has 1 rings (SSSR count). The van der Waals surface area contributed by atoms with E-state index in [2.05, 4.69) is 10.4 Å². The molecule has 0 aliphatic carbocycles. The molecule has 7 nitrogen and oxygen atoms in total. The van der Waals surface area contributed by atoms with Crippen molar-refractivity contribution < 1.29 is 9.90 Å². The SMILES string of the molecule is Cc1nn(CC(=O)NCC(C)(O)CN(C)C)c(C)c1N. The van der Waals surface area contributed by atoms with Gasteiger partial charge in [-0.1, -0.05) is 0 Å². The molecule has 0 fully saturated rings. The Kier molecular flexibility index (Phi) is 5.13. The fourth-order valence-electron chi connectivity index (χ4n) is 2.08. The highest BCUT2D eigenvalue weighted by molar-refractivity contribution is 5.76. The number of nitrogens with one attached hydrogen (secondary N) is 1. The highest BCUT2D eigenvalue weighted by Crippen LogP contribution is 2.14. The van der Waals surface area contributed by atoms with Crippen molar-refractivity contribution in [1.82, 2.24) is 20.0 Å². The van der Waals surface area contributed by atoms with Gasteiger partial charge < -0.3 is 21.1 Å². The van der Waals surface area contributed by atoms with Crippen molar-refractivity contribution >= 4 is 11.6 Å². The topological polar surface area (TPSA) is 96.4 Å². The highest BCUT2D eigenvalue weighted by Gasteiger charge is 2.22. The largest absolute Gasteiger partial charge is 0.396 e. The summed E-state index contributed by atoms with van der Waals surface area (Å²) in [6.07, 6.45) is 0. The first-order chi connectivity index (χ1) is 9.12. The van der Waals surface area contributed by atoms with Gasteiger partial charge in [-0.3, -0.25) is 9.48 Å². The third-order valence-corrected chi connectivity index (χ3v) is 3.05. The standard InChI is InChI=1S/C13H25N5O2/c1-9-12(14)10(2)18(16-9)6-11(19)15-7-13(3,20)8-17(4)5/h20H,6-8,14H2,1-5H3,(H,15,19). The van der Waals surface area contributed by atoms with Gasteiger partial charge in [-0.05, 0) is 34.9 Å². The Balaban J connectivity index is 2.54. The van der Waals surface area contributed by atoms with Gasteiger partial charge in [-0.15, -0.1) is 0 Å². The van der Waals surface area contributed by atoms with Gasteiger partial charge in [0.2, 0.25) is 5.91 Å². The fraction of sp³-hybridized carbons (Fsp3) is 0.692. The van der Waals surface area contributed by atoms with Gasteiger partial charge in [-0.25, -0.2) is 0 Å². The van der Waals surface area contributed by atoms with E-state index >= 15 is 0 Å². The minimum absolute atomic E-state index is 0.0991. The maximum atomic E-state index is 11.9. The smallest absolute Gasteiger partial charge is 0.241 e. The third-order valence-electron chi connectivity index (χ3n) is 3.05. The molecule has 0 saturated heterocycles. The van der Waals surface area contributed by atoms with Gasteiger partial charge >= 0.3 is 0 Å². The van der Waals surface area contributed by atoms with Crippen LogP contribution in [0.25, 0.3) is 0 Å². The molecule has 0 spiro atoms. The molecule has 20 heavy (non-hydrogen) atoms. The summed E-state index contributed by atoms with van der Waals surface area (Å²) in [6, 6.07) is 0. The number of carbonyl (C=O) groups is 1. The number of aliphatic hydroxyl groups is 1. The van der Waals surface area contributed by atoms with Crippen LogP contribution in [0.4, 0.5) is 5.69 Å². The molecule has 0 radical (unpaired) electrons. The van der Waals surface area contributed by atoms with Crippen molar-refractivity contribution in [1.29, 1.82) is 0 Å². The lowest BCUT2D eigenvalue weighted by Gasteiger charge is -2.27. The lowest BCUT2D eigenvalue weighted by atomic mass is 10.1. The molecule has 114 valence electrons. The zero-order chi connectivity index (χ0) is 15.5. The number of anilines is 1. The lowest BCUT2D eigenvalue weighted by Crippen LogP contribution is -2.47. The summed E-state index contributed by atoms with van der Waals surface area (Å²) in [5, 5.41) is 17.0. The van der Waals surface area contributed by atoms with E-state index in [4.69, 9.17) is 5.73 Å². The van der Waals surface area contributed by atoms with E-state index in [1.807, 2.05) is 25.9 Å². The Morgan fingerprint density at radius 1 is 1.50 bits per heavy atom. The normalized spacial score (nSPS) is 14.3. The number of nitrogen functional groups attached to an aromatic ring is 1. The predicted molar refractivity (Wildman–Crippen MR) is 78.3 cm³/mol. The van der Waals surface area contributed by atoms with Crippen molar-refractivity contribution in [2.24, 2.45) is 0 Å². The molecule has 7 heteroatoms. The van der Waals surface area contributed by atoms with Crippen LogP contribution < -0.4 is 11.1 Å². The van der Waals surface area contributed by atoms with E-state index < -0.39 is 5.60 Å². The van der Waals surface area contributed by atoms with Gasteiger partial charge in [-0.2, -0.15) is 5.10 Å². The van der Waals surface area contributed by atoms with Crippen molar-refractivity contribution in [3.8, 4) is 0 Å². The average molecular weight is 283 g/mol. The molecule has 0 aliphatic heterocycles. The van der Waals surface area contributed by atoms with E-state index in [-0.39, 0.29) is 19.0 Å². The Bertz CT molecular complexity index is 479. The lowest BCUT2D eigenvalue weighted by molar-refractivity contribution is -0.123. The first kappa shape index (κ1) is 16.5. The summed E-state index contributed by atoms with van der Waals surface area (Å²) in [5.41, 5.74) is 6.95. The van der Waals surface area contributed by atoms with Crippen LogP contribution >= 0.6 is 0 Å². The maximum absolute atomic E-state index is 11.9. The molecule has 4 N–H and O–H groups in total. The van der Waals surface area contributed by atoms with Gasteiger partial charge in [0.25, 0.3) is 0 Å². The van der Waals surface area contributed by atoms with Crippen LogP contribution in [0.3, 0.4) is 0 Å². The summed E-state index contributed by atoms with van der Waals surface area (Å²) in [7, 11) is 3.74. The van der Waals surface area contributed by atoms with Crippen molar-refractivity contribution in [3.05, 3.63) is 11.4 Å². The summed E-state index contributed by atoms with van der Waals surface area (Å²) in [6.45, 7) is 6.08. The van der Waals surface area contributed by atoms with Gasteiger partial charge in [0, 0.05) is 13.1 Å². The van der Waals surface area contributed by atoms with Crippen LogP contribution in [0.5, 0.6) is 0 Å². The quantitative estimate of drug-likeness (QED) is 0.655. The molecule has 1 aromatic rings. The zero-order valence-corrected chi connectivity index (χ0v) is 12.9. The fourth-order valence-corrected chi connectivity index (χ4v) is 2.08. The number of likely N-dealkylation sites (N-methyl/N-ethyl adjacent to an activating group) is 1. The predicted octanol–water partition coefficient (Wildman–Crippen LogP) is -0.489. The van der Waals surface area contributed by atoms with E-state index in [9.17, 15) is 9.90 Å². The summed E-state index contributed by atoms with van der Waals surface area (Å²) >= 11 is 0. The Morgan fingerprint density at radius 3 is 2.55 bits per heavy atom. The van der Waals surface area contributed by atoms with Gasteiger partial charge in [0.1, 0.15) is 6.54 Å². The monoisotopic (exact) mass is 283 g/mol. The number of amides is 1. The number of aryl methyl sites for hydroxylation is 1. The number of hydrogen-bond donors (Lipinski definition) is 3. The van der Waals surface area contributed by atoms with Crippen molar-refractivity contribution in [2.75, 3.05) is 32.9 Å². The molecule has 1 heterocycles. The summed E-state index contributed by atoms with van der Waals surface area (Å²) in [4.78, 5) is 13.7. The number of aromatic nitrogens is 2. The van der Waals surface area contributed by atoms with E-state index in [0.717, 1.165) is 11.4 Å². The highest BCUT2D eigenvalue weighted by atomic mass is 16.3. The molecular weight excluding hydrogens is 258 g/mol. The Morgan fingerprint density at radius 2 is 2.10 bits per heavy atom. The molecule has 0 aliphatic rings. The number of rotatable bonds is 6.